The van der Waals surface area contributed by atoms with Gasteiger partial charge in [-0.3, -0.25) is 4.79 Å². The molecule has 0 saturated carbocycles. The van der Waals surface area contributed by atoms with Gasteiger partial charge in [-0.15, -0.1) is 0 Å². The van der Waals surface area contributed by atoms with Crippen molar-refractivity contribution in [1.82, 2.24) is 20.2 Å². The van der Waals surface area contributed by atoms with Crippen molar-refractivity contribution in [2.75, 3.05) is 38.1 Å². The third-order valence-electron chi connectivity index (χ3n) is 5.14. The van der Waals surface area contributed by atoms with E-state index >= 15 is 0 Å². The molecule has 6 nitrogen and oxygen atoms in total. The zero-order valence-electron chi connectivity index (χ0n) is 16.6. The van der Waals surface area contributed by atoms with E-state index in [0.29, 0.717) is 23.8 Å². The van der Waals surface area contributed by atoms with Crippen LogP contribution in [0.3, 0.4) is 0 Å². The van der Waals surface area contributed by atoms with Crippen LogP contribution in [0.2, 0.25) is 0 Å². The van der Waals surface area contributed by atoms with E-state index in [1.165, 1.54) is 0 Å². The number of likely N-dealkylation sites (N-methyl/N-ethyl adjacent to an activating group) is 1. The maximum atomic E-state index is 13.0. The van der Waals surface area contributed by atoms with Crippen molar-refractivity contribution in [1.29, 1.82) is 0 Å². The van der Waals surface area contributed by atoms with Crippen molar-refractivity contribution in [3.8, 4) is 11.4 Å². The van der Waals surface area contributed by atoms with Gasteiger partial charge in [-0.2, -0.15) is 0 Å². The van der Waals surface area contributed by atoms with Crippen molar-refractivity contribution in [2.24, 2.45) is 0 Å². The SMILES string of the molecule is CN1CCN(c2nc(-c3ccccc3)ncc2C(=O)NCc2ccccc2)CC1. The molecule has 3 aromatic rings. The molecule has 1 aromatic heterocycles. The summed E-state index contributed by atoms with van der Waals surface area (Å²) in [5.74, 6) is 1.19. The van der Waals surface area contributed by atoms with Crippen LogP contribution in [0.1, 0.15) is 15.9 Å². The Morgan fingerprint density at radius 3 is 2.31 bits per heavy atom. The van der Waals surface area contributed by atoms with Crippen LogP contribution in [0.25, 0.3) is 11.4 Å². The quantitative estimate of drug-likeness (QED) is 0.729. The lowest BCUT2D eigenvalue weighted by atomic mass is 10.2. The van der Waals surface area contributed by atoms with Gasteiger partial charge in [0.05, 0.1) is 0 Å². The average Bonchev–Trinajstić information content (AvgIpc) is 2.79. The molecule has 29 heavy (non-hydrogen) atoms. The number of anilines is 1. The van der Waals surface area contributed by atoms with Gasteiger partial charge in [-0.25, -0.2) is 9.97 Å². The van der Waals surface area contributed by atoms with Crippen LogP contribution in [-0.4, -0.2) is 54.0 Å². The van der Waals surface area contributed by atoms with Gasteiger partial charge in [0, 0.05) is 44.5 Å². The third kappa shape index (κ3) is 4.60. The molecule has 0 aliphatic carbocycles. The van der Waals surface area contributed by atoms with Gasteiger partial charge in [-0.1, -0.05) is 60.7 Å². The Labute approximate surface area is 171 Å². The second kappa shape index (κ2) is 8.84. The average molecular weight is 387 g/mol. The summed E-state index contributed by atoms with van der Waals surface area (Å²) >= 11 is 0. The van der Waals surface area contributed by atoms with E-state index in [2.05, 4.69) is 27.1 Å². The fourth-order valence-corrected chi connectivity index (χ4v) is 3.39. The Balaban J connectivity index is 1.62. The lowest BCUT2D eigenvalue weighted by molar-refractivity contribution is 0.0950. The summed E-state index contributed by atoms with van der Waals surface area (Å²) in [7, 11) is 2.11. The Bertz CT molecular complexity index is 954. The predicted molar refractivity (Wildman–Crippen MR) is 115 cm³/mol. The molecule has 0 bridgehead atoms. The first-order valence-electron chi connectivity index (χ1n) is 9.89. The van der Waals surface area contributed by atoms with E-state index in [0.717, 1.165) is 37.3 Å². The number of aromatic nitrogens is 2. The molecule has 2 heterocycles. The molecule has 4 rings (SSSR count). The van der Waals surface area contributed by atoms with Gasteiger partial charge >= 0.3 is 0 Å². The summed E-state index contributed by atoms with van der Waals surface area (Å²) in [6, 6.07) is 19.8. The van der Waals surface area contributed by atoms with Crippen molar-refractivity contribution in [3.63, 3.8) is 0 Å². The molecular formula is C23H25N5O. The molecule has 1 amide bonds. The van der Waals surface area contributed by atoms with E-state index in [4.69, 9.17) is 4.98 Å². The minimum Gasteiger partial charge on any atom is -0.353 e. The van der Waals surface area contributed by atoms with E-state index in [9.17, 15) is 4.79 Å². The summed E-state index contributed by atoms with van der Waals surface area (Å²) in [6.45, 7) is 4.02. The van der Waals surface area contributed by atoms with Gasteiger partial charge < -0.3 is 15.1 Å². The van der Waals surface area contributed by atoms with Crippen molar-refractivity contribution in [2.45, 2.75) is 6.54 Å². The third-order valence-corrected chi connectivity index (χ3v) is 5.14. The molecule has 0 spiro atoms. The first-order valence-corrected chi connectivity index (χ1v) is 9.89. The summed E-state index contributed by atoms with van der Waals surface area (Å²) in [5.41, 5.74) is 2.52. The second-order valence-electron chi connectivity index (χ2n) is 7.26. The van der Waals surface area contributed by atoms with Gasteiger partial charge in [-0.05, 0) is 12.6 Å². The Morgan fingerprint density at radius 1 is 0.966 bits per heavy atom. The highest BCUT2D eigenvalue weighted by Gasteiger charge is 2.23. The van der Waals surface area contributed by atoms with E-state index < -0.39 is 0 Å². The monoisotopic (exact) mass is 387 g/mol. The van der Waals surface area contributed by atoms with Gasteiger partial charge in [0.1, 0.15) is 11.4 Å². The number of nitrogens with zero attached hydrogens (tertiary/aromatic N) is 4. The number of carbonyl (C=O) groups excluding carboxylic acids is 1. The molecule has 1 aliphatic rings. The summed E-state index contributed by atoms with van der Waals surface area (Å²) in [5, 5.41) is 3.01. The molecule has 0 unspecified atom stereocenters. The zero-order chi connectivity index (χ0) is 20.1. The largest absolute Gasteiger partial charge is 0.353 e. The first kappa shape index (κ1) is 19.1. The number of amides is 1. The lowest BCUT2D eigenvalue weighted by Gasteiger charge is -2.34. The van der Waals surface area contributed by atoms with Crippen molar-refractivity contribution in [3.05, 3.63) is 78.0 Å². The van der Waals surface area contributed by atoms with Crippen molar-refractivity contribution < 1.29 is 4.79 Å². The van der Waals surface area contributed by atoms with Gasteiger partial charge in [0.15, 0.2) is 5.82 Å². The smallest absolute Gasteiger partial charge is 0.256 e. The molecule has 0 atom stereocenters. The zero-order valence-corrected chi connectivity index (χ0v) is 16.6. The van der Waals surface area contributed by atoms with E-state index in [-0.39, 0.29) is 5.91 Å². The van der Waals surface area contributed by atoms with Crippen LogP contribution in [0.5, 0.6) is 0 Å². The fourth-order valence-electron chi connectivity index (χ4n) is 3.39. The molecule has 0 radical (unpaired) electrons. The van der Waals surface area contributed by atoms with Crippen LogP contribution in [-0.2, 0) is 6.54 Å². The number of carbonyl (C=O) groups is 1. The van der Waals surface area contributed by atoms with Crippen molar-refractivity contribution >= 4 is 11.7 Å². The molecule has 1 N–H and O–H groups in total. The van der Waals surface area contributed by atoms with Crippen LogP contribution < -0.4 is 10.2 Å². The molecule has 1 saturated heterocycles. The molecule has 2 aromatic carbocycles. The summed E-state index contributed by atoms with van der Waals surface area (Å²) in [4.78, 5) is 26.7. The number of hydrogen-bond donors (Lipinski definition) is 1. The molecule has 6 heteroatoms. The number of rotatable bonds is 5. The van der Waals surface area contributed by atoms with E-state index in [1.54, 1.807) is 6.20 Å². The lowest BCUT2D eigenvalue weighted by Crippen LogP contribution is -2.45. The highest BCUT2D eigenvalue weighted by molar-refractivity contribution is 5.98. The Kier molecular flexibility index (Phi) is 5.81. The standard InChI is InChI=1S/C23H25N5O/c1-27-12-14-28(15-13-27)22-20(23(29)25-16-18-8-4-2-5-9-18)17-24-21(26-22)19-10-6-3-7-11-19/h2-11,17H,12-16H2,1H3,(H,25,29). The van der Waals surface area contributed by atoms with Crippen LogP contribution in [0.15, 0.2) is 66.9 Å². The topological polar surface area (TPSA) is 61.4 Å². The number of benzene rings is 2. The van der Waals surface area contributed by atoms with Crippen LogP contribution in [0, 0.1) is 0 Å². The number of nitrogens with one attached hydrogen (secondary N) is 1. The Morgan fingerprint density at radius 2 is 1.62 bits per heavy atom. The maximum absolute atomic E-state index is 13.0. The Hall–Kier alpha value is -3.25. The highest BCUT2D eigenvalue weighted by atomic mass is 16.1. The summed E-state index contributed by atoms with van der Waals surface area (Å²) < 4.78 is 0. The molecule has 1 fully saturated rings. The first-order chi connectivity index (χ1) is 14.2. The van der Waals surface area contributed by atoms with Gasteiger partial charge in [0.25, 0.3) is 5.91 Å². The van der Waals surface area contributed by atoms with Gasteiger partial charge in [0.2, 0.25) is 0 Å². The number of hydrogen-bond acceptors (Lipinski definition) is 5. The van der Waals surface area contributed by atoms with Crippen LogP contribution >= 0.6 is 0 Å². The van der Waals surface area contributed by atoms with Crippen LogP contribution in [0.4, 0.5) is 5.82 Å². The normalized spacial score (nSPS) is 14.6. The van der Waals surface area contributed by atoms with E-state index in [1.807, 2.05) is 60.7 Å². The fraction of sp³-hybridized carbons (Fsp3) is 0.261. The second-order valence-corrected chi connectivity index (χ2v) is 7.26. The maximum Gasteiger partial charge on any atom is 0.256 e. The molecule has 1 aliphatic heterocycles. The molecular weight excluding hydrogens is 362 g/mol. The minimum absolute atomic E-state index is 0.151. The molecule has 148 valence electrons. The minimum atomic E-state index is -0.151. The highest BCUT2D eigenvalue weighted by Crippen LogP contribution is 2.23. The summed E-state index contributed by atoms with van der Waals surface area (Å²) in [6.07, 6.45) is 1.66. The predicted octanol–water partition coefficient (Wildman–Crippen LogP) is 2.83. The number of piperazine rings is 1.